The second-order valence-corrected chi connectivity index (χ2v) is 9.46. The second kappa shape index (κ2) is 13.3. The van der Waals surface area contributed by atoms with Crippen LogP contribution >= 0.6 is 46.7 Å². The Morgan fingerprint density at radius 2 is 2.13 bits per heavy atom. The standard InChI is InChI=1S/C17H20ClN5O2S2.CH4O.CH4.ClH/c18-14-2-1-12(26-14)16(25)20-10-4-6-23(8-10)9-15(24)22-17-21-11-3-5-19-7-13(11)27-17;1-2;;/h1-2,10,19H,3-9H2,(H,20,25)(H,21,22,24);2H,1H3;1H4;1H. The number of fused-ring (bicyclic) bond motifs is 1. The normalized spacial score (nSPS) is 17.3. The number of rotatable bonds is 5. The van der Waals surface area contributed by atoms with Crippen LogP contribution in [0, 0.1) is 0 Å². The lowest BCUT2D eigenvalue weighted by molar-refractivity contribution is -0.117. The lowest BCUT2D eigenvalue weighted by atomic mass is 10.2. The fraction of sp³-hybridized carbons (Fsp3) is 0.526. The number of halogens is 2. The Bertz CT molecular complexity index is 838. The Labute approximate surface area is 201 Å². The highest BCUT2D eigenvalue weighted by molar-refractivity contribution is 7.18. The first kappa shape index (κ1) is 27.8. The summed E-state index contributed by atoms with van der Waals surface area (Å²) < 4.78 is 0.601. The first-order valence-corrected chi connectivity index (χ1v) is 11.3. The van der Waals surface area contributed by atoms with E-state index in [1.165, 1.54) is 27.6 Å². The highest BCUT2D eigenvalue weighted by atomic mass is 35.5. The predicted molar refractivity (Wildman–Crippen MR) is 130 cm³/mol. The van der Waals surface area contributed by atoms with Crippen molar-refractivity contribution in [2.24, 2.45) is 0 Å². The molecule has 2 aliphatic heterocycles. The maximum Gasteiger partial charge on any atom is 0.261 e. The molecular formula is C19H29Cl2N5O3S2. The van der Waals surface area contributed by atoms with E-state index in [0.717, 1.165) is 45.3 Å². The van der Waals surface area contributed by atoms with Crippen LogP contribution in [-0.2, 0) is 17.8 Å². The second-order valence-electron chi connectivity index (χ2n) is 6.66. The van der Waals surface area contributed by atoms with Crippen molar-refractivity contribution in [2.75, 3.05) is 38.6 Å². The number of anilines is 1. The van der Waals surface area contributed by atoms with Crippen LogP contribution in [0.25, 0.3) is 0 Å². The van der Waals surface area contributed by atoms with E-state index in [2.05, 4.69) is 25.8 Å². The molecule has 2 amide bonds. The zero-order valence-corrected chi connectivity index (χ0v) is 19.6. The Kier molecular flexibility index (Phi) is 11.9. The molecule has 0 bridgehead atoms. The van der Waals surface area contributed by atoms with Gasteiger partial charge in [0.25, 0.3) is 5.91 Å². The summed E-state index contributed by atoms with van der Waals surface area (Å²) in [6.07, 6.45) is 1.74. The number of nitrogens with one attached hydrogen (secondary N) is 3. The third kappa shape index (κ3) is 7.67. The average Bonchev–Trinajstić information content (AvgIpc) is 3.43. The van der Waals surface area contributed by atoms with Crippen LogP contribution in [0.4, 0.5) is 5.13 Å². The lowest BCUT2D eigenvalue weighted by Gasteiger charge is -2.15. The summed E-state index contributed by atoms with van der Waals surface area (Å²) in [6.45, 7) is 3.51. The van der Waals surface area contributed by atoms with Gasteiger partial charge in [0.05, 0.1) is 21.5 Å². The Morgan fingerprint density at radius 3 is 2.81 bits per heavy atom. The van der Waals surface area contributed by atoms with Crippen LogP contribution in [0.3, 0.4) is 0 Å². The number of aromatic nitrogens is 1. The number of likely N-dealkylation sites (tertiary alicyclic amines) is 1. The van der Waals surface area contributed by atoms with Gasteiger partial charge in [0.15, 0.2) is 5.13 Å². The van der Waals surface area contributed by atoms with Crippen molar-refractivity contribution in [1.29, 1.82) is 0 Å². The van der Waals surface area contributed by atoms with E-state index >= 15 is 0 Å². The van der Waals surface area contributed by atoms with Gasteiger partial charge in [-0.3, -0.25) is 14.5 Å². The van der Waals surface area contributed by atoms with Crippen molar-refractivity contribution in [2.45, 2.75) is 32.9 Å². The maximum atomic E-state index is 12.3. The van der Waals surface area contributed by atoms with Gasteiger partial charge in [-0.15, -0.1) is 35.1 Å². The van der Waals surface area contributed by atoms with Crippen LogP contribution in [0.15, 0.2) is 12.1 Å². The number of hydrogen-bond acceptors (Lipinski definition) is 8. The Balaban J connectivity index is 0.00000117. The molecule has 1 fully saturated rings. The predicted octanol–water partition coefficient (Wildman–Crippen LogP) is 2.61. The summed E-state index contributed by atoms with van der Waals surface area (Å²) in [5, 5.41) is 16.9. The maximum absolute atomic E-state index is 12.3. The zero-order chi connectivity index (χ0) is 20.8. The molecule has 0 radical (unpaired) electrons. The monoisotopic (exact) mass is 509 g/mol. The topological polar surface area (TPSA) is 107 Å². The molecule has 1 atom stereocenters. The van der Waals surface area contributed by atoms with Gasteiger partial charge in [0.2, 0.25) is 5.91 Å². The highest BCUT2D eigenvalue weighted by Crippen LogP contribution is 2.25. The van der Waals surface area contributed by atoms with Crippen molar-refractivity contribution < 1.29 is 14.7 Å². The Morgan fingerprint density at radius 1 is 1.35 bits per heavy atom. The molecule has 12 heteroatoms. The summed E-state index contributed by atoms with van der Waals surface area (Å²) in [4.78, 5) is 32.9. The number of amides is 2. The summed E-state index contributed by atoms with van der Waals surface area (Å²) in [5.41, 5.74) is 1.09. The van der Waals surface area contributed by atoms with Gasteiger partial charge in [-0.25, -0.2) is 4.98 Å². The van der Waals surface area contributed by atoms with Gasteiger partial charge < -0.3 is 21.1 Å². The fourth-order valence-electron chi connectivity index (χ4n) is 3.33. The van der Waals surface area contributed by atoms with E-state index in [1.54, 1.807) is 12.1 Å². The number of hydrogen-bond donors (Lipinski definition) is 4. The van der Waals surface area contributed by atoms with E-state index < -0.39 is 0 Å². The number of nitrogens with zero attached hydrogens (tertiary/aromatic N) is 2. The van der Waals surface area contributed by atoms with Gasteiger partial charge in [0, 0.05) is 50.6 Å². The van der Waals surface area contributed by atoms with Crippen LogP contribution in [-0.4, -0.2) is 66.1 Å². The minimum atomic E-state index is -0.106. The van der Waals surface area contributed by atoms with Crippen LogP contribution in [0.1, 0.15) is 34.1 Å². The molecule has 2 aromatic rings. The van der Waals surface area contributed by atoms with E-state index in [0.29, 0.717) is 27.4 Å². The number of aliphatic hydroxyl groups excluding tert-OH is 1. The SMILES string of the molecule is C.CO.Cl.O=C(CN1CCC(NC(=O)c2ccc(Cl)s2)C1)Nc1nc2c(s1)CNCC2. The molecule has 1 unspecified atom stereocenters. The molecule has 8 nitrogen and oxygen atoms in total. The smallest absolute Gasteiger partial charge is 0.261 e. The lowest BCUT2D eigenvalue weighted by Crippen LogP contribution is -2.38. The third-order valence-electron chi connectivity index (χ3n) is 4.62. The number of carbonyl (C=O) groups excluding carboxylic acids is 2. The quantitative estimate of drug-likeness (QED) is 0.493. The summed E-state index contributed by atoms with van der Waals surface area (Å²) >= 11 is 8.69. The third-order valence-corrected chi connectivity index (χ3v) is 6.86. The van der Waals surface area contributed by atoms with Crippen LogP contribution in [0.5, 0.6) is 0 Å². The first-order chi connectivity index (χ1) is 14.1. The molecule has 174 valence electrons. The average molecular weight is 511 g/mol. The molecule has 0 aliphatic carbocycles. The number of thiophene rings is 1. The van der Waals surface area contributed by atoms with Crippen molar-refractivity contribution in [3.05, 3.63) is 31.9 Å². The Hall–Kier alpha value is -1.27. The van der Waals surface area contributed by atoms with Gasteiger partial charge in [-0.1, -0.05) is 19.0 Å². The van der Waals surface area contributed by atoms with Gasteiger partial charge in [0.1, 0.15) is 0 Å². The highest BCUT2D eigenvalue weighted by Gasteiger charge is 2.26. The van der Waals surface area contributed by atoms with Crippen LogP contribution < -0.4 is 16.0 Å². The number of aliphatic hydroxyl groups is 1. The van der Waals surface area contributed by atoms with Crippen molar-refractivity contribution >= 4 is 63.6 Å². The number of thiazole rings is 1. The van der Waals surface area contributed by atoms with Crippen LogP contribution in [0.2, 0.25) is 4.34 Å². The van der Waals surface area contributed by atoms with Gasteiger partial charge >= 0.3 is 0 Å². The molecule has 0 aromatic carbocycles. The molecule has 0 spiro atoms. The van der Waals surface area contributed by atoms with E-state index in [1.807, 2.05) is 0 Å². The minimum Gasteiger partial charge on any atom is -0.400 e. The van der Waals surface area contributed by atoms with Crippen molar-refractivity contribution in [3.63, 3.8) is 0 Å². The van der Waals surface area contributed by atoms with Gasteiger partial charge in [-0.05, 0) is 18.6 Å². The molecule has 4 N–H and O–H groups in total. The number of carbonyl (C=O) groups is 2. The van der Waals surface area contributed by atoms with E-state index in [4.69, 9.17) is 16.7 Å². The largest absolute Gasteiger partial charge is 0.400 e. The molecule has 31 heavy (non-hydrogen) atoms. The fourth-order valence-corrected chi connectivity index (χ4v) is 5.27. The van der Waals surface area contributed by atoms with Gasteiger partial charge in [-0.2, -0.15) is 0 Å². The summed E-state index contributed by atoms with van der Waals surface area (Å²) in [6, 6.07) is 3.49. The molecule has 4 rings (SSSR count). The molecule has 4 heterocycles. The van der Waals surface area contributed by atoms with Crippen molar-refractivity contribution in [1.82, 2.24) is 20.5 Å². The van der Waals surface area contributed by atoms with Crippen molar-refractivity contribution in [3.8, 4) is 0 Å². The first-order valence-electron chi connectivity index (χ1n) is 9.29. The minimum absolute atomic E-state index is 0. The van der Waals surface area contributed by atoms with E-state index in [9.17, 15) is 9.59 Å². The molecule has 1 saturated heterocycles. The summed E-state index contributed by atoms with van der Waals surface area (Å²) in [5.74, 6) is -0.170. The molecule has 0 saturated carbocycles. The molecular weight excluding hydrogens is 481 g/mol. The van der Waals surface area contributed by atoms with E-state index in [-0.39, 0.29) is 37.7 Å². The molecule has 2 aliphatic rings. The molecule has 2 aromatic heterocycles. The summed E-state index contributed by atoms with van der Waals surface area (Å²) in [7, 11) is 1.00. The zero-order valence-electron chi connectivity index (χ0n) is 16.4.